The van der Waals surface area contributed by atoms with E-state index in [0.29, 0.717) is 0 Å². The zero-order chi connectivity index (χ0) is 15.9. The maximum atomic E-state index is 12.7. The maximum absolute atomic E-state index is 12.7. The number of methoxy groups -OCH3 is 1. The Morgan fingerprint density at radius 2 is 1.77 bits per heavy atom. The molecule has 4 nitrogen and oxygen atoms in total. The zero-order valence-corrected chi connectivity index (χ0v) is 13.1. The molecule has 0 radical (unpaired) electrons. The van der Waals surface area contributed by atoms with E-state index in [0.717, 1.165) is 37.1 Å². The van der Waals surface area contributed by atoms with E-state index in [1.165, 1.54) is 0 Å². The minimum atomic E-state index is -0.0543. The van der Waals surface area contributed by atoms with Crippen LogP contribution in [0.3, 0.4) is 0 Å². The van der Waals surface area contributed by atoms with Gasteiger partial charge in [0.2, 0.25) is 0 Å². The first-order chi connectivity index (χ1) is 10.7. The summed E-state index contributed by atoms with van der Waals surface area (Å²) in [5.41, 5.74) is 0.771. The van der Waals surface area contributed by atoms with Gasteiger partial charge in [-0.15, -0.1) is 13.2 Å². The number of benzene rings is 1. The van der Waals surface area contributed by atoms with Crippen molar-refractivity contribution in [2.45, 2.75) is 37.8 Å². The smallest absolute Gasteiger partial charge is 0.322 e. The third kappa shape index (κ3) is 3.70. The molecule has 118 valence electrons. The van der Waals surface area contributed by atoms with E-state index in [2.05, 4.69) is 18.5 Å². The van der Waals surface area contributed by atoms with E-state index in [1.807, 2.05) is 41.3 Å². The van der Waals surface area contributed by atoms with Crippen LogP contribution in [0.2, 0.25) is 0 Å². The molecule has 22 heavy (non-hydrogen) atoms. The Hall–Kier alpha value is -2.23. The van der Waals surface area contributed by atoms with E-state index < -0.39 is 0 Å². The Morgan fingerprint density at radius 1 is 1.23 bits per heavy atom. The van der Waals surface area contributed by atoms with Gasteiger partial charge in [0.25, 0.3) is 0 Å². The predicted molar refractivity (Wildman–Crippen MR) is 90.3 cm³/mol. The number of anilines is 1. The second-order valence-electron chi connectivity index (χ2n) is 5.50. The number of nitrogens with one attached hydrogen (secondary N) is 1. The average Bonchev–Trinajstić information content (AvgIpc) is 2.91. The van der Waals surface area contributed by atoms with Gasteiger partial charge < -0.3 is 15.0 Å². The third-order valence-electron chi connectivity index (χ3n) is 4.07. The van der Waals surface area contributed by atoms with E-state index in [9.17, 15) is 4.79 Å². The molecular formula is C18H24N2O2. The molecule has 0 spiro atoms. The number of likely N-dealkylation sites (tertiary alicyclic amines) is 1. The van der Waals surface area contributed by atoms with E-state index in [-0.39, 0.29) is 18.1 Å². The van der Waals surface area contributed by atoms with Crippen LogP contribution in [-0.2, 0) is 0 Å². The fourth-order valence-corrected chi connectivity index (χ4v) is 3.00. The zero-order valence-electron chi connectivity index (χ0n) is 13.1. The van der Waals surface area contributed by atoms with Crippen LogP contribution >= 0.6 is 0 Å². The highest BCUT2D eigenvalue weighted by atomic mass is 16.5. The molecule has 2 atom stereocenters. The Morgan fingerprint density at radius 3 is 2.23 bits per heavy atom. The number of carbonyl (C=O) groups excluding carboxylic acids is 1. The van der Waals surface area contributed by atoms with Crippen LogP contribution in [0, 0.1) is 0 Å². The van der Waals surface area contributed by atoms with Crippen molar-refractivity contribution in [2.75, 3.05) is 12.4 Å². The van der Waals surface area contributed by atoms with Gasteiger partial charge >= 0.3 is 6.03 Å². The number of amides is 2. The van der Waals surface area contributed by atoms with Crippen molar-refractivity contribution in [2.24, 2.45) is 0 Å². The van der Waals surface area contributed by atoms with Crippen LogP contribution < -0.4 is 10.1 Å². The minimum absolute atomic E-state index is 0.0543. The summed E-state index contributed by atoms with van der Waals surface area (Å²) in [6, 6.07) is 7.75. The quantitative estimate of drug-likeness (QED) is 0.799. The summed E-state index contributed by atoms with van der Waals surface area (Å²) in [6.07, 6.45) is 7.44. The summed E-state index contributed by atoms with van der Waals surface area (Å²) >= 11 is 0. The molecule has 1 aliphatic rings. The van der Waals surface area contributed by atoms with Crippen molar-refractivity contribution in [3.8, 4) is 5.75 Å². The van der Waals surface area contributed by atoms with Crippen molar-refractivity contribution in [3.63, 3.8) is 0 Å². The van der Waals surface area contributed by atoms with Gasteiger partial charge in [0, 0.05) is 17.8 Å². The molecular weight excluding hydrogens is 276 g/mol. The van der Waals surface area contributed by atoms with Gasteiger partial charge in [-0.05, 0) is 49.9 Å². The van der Waals surface area contributed by atoms with Gasteiger partial charge in [-0.2, -0.15) is 0 Å². The molecule has 1 aromatic carbocycles. The number of hydrogen-bond donors (Lipinski definition) is 1. The van der Waals surface area contributed by atoms with Crippen molar-refractivity contribution >= 4 is 11.7 Å². The number of urea groups is 1. The molecule has 2 unspecified atom stereocenters. The topological polar surface area (TPSA) is 41.6 Å². The first-order valence-corrected chi connectivity index (χ1v) is 7.64. The lowest BCUT2D eigenvalue weighted by Crippen LogP contribution is -2.43. The molecule has 1 fully saturated rings. The lowest BCUT2D eigenvalue weighted by Gasteiger charge is -2.29. The molecule has 1 saturated heterocycles. The van der Waals surface area contributed by atoms with E-state index in [4.69, 9.17) is 4.74 Å². The summed E-state index contributed by atoms with van der Waals surface area (Å²) in [6.45, 7) is 7.60. The molecule has 4 heteroatoms. The molecule has 0 bridgehead atoms. The van der Waals surface area contributed by atoms with Crippen LogP contribution in [0.25, 0.3) is 0 Å². The van der Waals surface area contributed by atoms with Gasteiger partial charge in [0.1, 0.15) is 5.75 Å². The largest absolute Gasteiger partial charge is 0.497 e. The molecule has 1 aromatic rings. The summed E-state index contributed by atoms with van der Waals surface area (Å²) in [5.74, 6) is 0.772. The number of nitrogens with zero attached hydrogens (tertiary/aromatic N) is 1. The molecule has 0 aliphatic carbocycles. The molecule has 1 N–H and O–H groups in total. The second-order valence-corrected chi connectivity index (χ2v) is 5.50. The Balaban J connectivity index is 2.08. The Bertz CT molecular complexity index is 506. The highest BCUT2D eigenvalue weighted by molar-refractivity contribution is 5.90. The molecule has 1 heterocycles. The Kier molecular flexibility index (Phi) is 5.64. The fourth-order valence-electron chi connectivity index (χ4n) is 3.00. The summed E-state index contributed by atoms with van der Waals surface area (Å²) in [7, 11) is 1.62. The molecule has 2 rings (SSSR count). The lowest BCUT2D eigenvalue weighted by atomic mass is 10.1. The summed E-state index contributed by atoms with van der Waals surface area (Å²) in [4.78, 5) is 14.6. The number of hydrogen-bond acceptors (Lipinski definition) is 2. The fraction of sp³-hybridized carbons (Fsp3) is 0.389. The van der Waals surface area contributed by atoms with E-state index in [1.54, 1.807) is 7.11 Å². The third-order valence-corrected chi connectivity index (χ3v) is 4.07. The first kappa shape index (κ1) is 16.1. The highest BCUT2D eigenvalue weighted by Crippen LogP contribution is 2.29. The van der Waals surface area contributed by atoms with Crippen LogP contribution in [0.5, 0.6) is 5.75 Å². The maximum Gasteiger partial charge on any atom is 0.322 e. The van der Waals surface area contributed by atoms with Gasteiger partial charge in [-0.3, -0.25) is 0 Å². The summed E-state index contributed by atoms with van der Waals surface area (Å²) < 4.78 is 5.13. The average molecular weight is 300 g/mol. The van der Waals surface area contributed by atoms with Crippen molar-refractivity contribution in [1.29, 1.82) is 0 Å². The number of ether oxygens (including phenoxy) is 1. The molecule has 2 amide bonds. The number of rotatable bonds is 6. The van der Waals surface area contributed by atoms with Crippen LogP contribution in [-0.4, -0.2) is 30.1 Å². The normalized spacial score (nSPS) is 20.5. The van der Waals surface area contributed by atoms with Crippen LogP contribution in [0.15, 0.2) is 49.6 Å². The lowest BCUT2D eigenvalue weighted by molar-refractivity contribution is 0.186. The molecule has 1 aliphatic heterocycles. The van der Waals surface area contributed by atoms with Crippen molar-refractivity contribution < 1.29 is 9.53 Å². The summed E-state index contributed by atoms with van der Waals surface area (Å²) in [5, 5.41) is 2.97. The molecule has 0 saturated carbocycles. The van der Waals surface area contributed by atoms with Crippen LogP contribution in [0.1, 0.15) is 25.7 Å². The van der Waals surface area contributed by atoms with Crippen molar-refractivity contribution in [3.05, 3.63) is 49.6 Å². The van der Waals surface area contributed by atoms with Gasteiger partial charge in [0.15, 0.2) is 0 Å². The standard InChI is InChI=1S/C18H24N2O2/c1-4-6-15-10-11-16(7-5-2)20(15)18(21)19-14-8-12-17(22-3)13-9-14/h4-5,8-9,12-13,15-16H,1-2,6-7,10-11H2,3H3,(H,19,21). The number of carbonyl (C=O) groups is 1. The predicted octanol–water partition coefficient (Wildman–Crippen LogP) is 4.21. The van der Waals surface area contributed by atoms with Gasteiger partial charge in [0.05, 0.1) is 7.11 Å². The monoisotopic (exact) mass is 300 g/mol. The molecule has 0 aromatic heterocycles. The van der Waals surface area contributed by atoms with Gasteiger partial charge in [-0.25, -0.2) is 4.79 Å². The van der Waals surface area contributed by atoms with Crippen LogP contribution in [0.4, 0.5) is 10.5 Å². The van der Waals surface area contributed by atoms with E-state index >= 15 is 0 Å². The Labute approximate surface area is 132 Å². The SMILES string of the molecule is C=CCC1CCC(CC=C)N1C(=O)Nc1ccc(OC)cc1. The minimum Gasteiger partial charge on any atom is -0.497 e. The van der Waals surface area contributed by atoms with Gasteiger partial charge in [-0.1, -0.05) is 12.2 Å². The highest BCUT2D eigenvalue weighted by Gasteiger charge is 2.35. The second kappa shape index (κ2) is 7.69. The first-order valence-electron chi connectivity index (χ1n) is 7.64. The van der Waals surface area contributed by atoms with Crippen molar-refractivity contribution in [1.82, 2.24) is 4.90 Å².